The van der Waals surface area contributed by atoms with Gasteiger partial charge in [-0.2, -0.15) is 0 Å². The van der Waals surface area contributed by atoms with Gasteiger partial charge in [0.2, 0.25) is 5.95 Å². The lowest BCUT2D eigenvalue weighted by atomic mass is 10.1. The maximum absolute atomic E-state index is 14.9. The number of imidazole rings is 1. The third-order valence-corrected chi connectivity index (χ3v) is 6.18. The second-order valence-electron chi connectivity index (χ2n) is 9.09. The lowest BCUT2D eigenvalue weighted by Crippen LogP contribution is -2.30. The van der Waals surface area contributed by atoms with Crippen LogP contribution in [0.2, 0.25) is 0 Å². The van der Waals surface area contributed by atoms with Gasteiger partial charge in [0, 0.05) is 38.4 Å². The fraction of sp³-hybridized carbons (Fsp3) is 0.500. The van der Waals surface area contributed by atoms with Crippen LogP contribution in [0.25, 0.3) is 11.4 Å². The molecule has 1 fully saturated rings. The van der Waals surface area contributed by atoms with Crippen molar-refractivity contribution in [2.24, 2.45) is 0 Å². The fourth-order valence-corrected chi connectivity index (χ4v) is 4.29. The molecule has 3 aromatic rings. The number of hydrogen-bond donors (Lipinski definition) is 2. The summed E-state index contributed by atoms with van der Waals surface area (Å²) in [4.78, 5) is 12.8. The molecule has 1 unspecified atom stereocenters. The smallest absolute Gasteiger partial charge is 0.228 e. The van der Waals surface area contributed by atoms with Gasteiger partial charge in [0.1, 0.15) is 17.3 Å². The van der Waals surface area contributed by atoms with Crippen molar-refractivity contribution in [1.82, 2.24) is 24.8 Å². The van der Waals surface area contributed by atoms with Crippen molar-refractivity contribution in [2.75, 3.05) is 31.7 Å². The molecule has 0 radical (unpaired) electrons. The zero-order valence-electron chi connectivity index (χ0n) is 21.1. The van der Waals surface area contributed by atoms with E-state index in [9.17, 15) is 8.78 Å². The van der Waals surface area contributed by atoms with Crippen molar-refractivity contribution in [2.45, 2.75) is 58.7 Å². The Morgan fingerprint density at radius 2 is 1.97 bits per heavy atom. The Kier molecular flexibility index (Phi) is 8.95. The van der Waals surface area contributed by atoms with Gasteiger partial charge in [-0.3, -0.25) is 0 Å². The van der Waals surface area contributed by atoms with E-state index in [1.807, 2.05) is 24.5 Å². The van der Waals surface area contributed by atoms with Gasteiger partial charge in [0.25, 0.3) is 0 Å². The molecule has 1 aromatic carbocycles. The lowest BCUT2D eigenvalue weighted by Gasteiger charge is -2.26. The van der Waals surface area contributed by atoms with E-state index in [0.717, 1.165) is 43.5 Å². The van der Waals surface area contributed by atoms with E-state index in [0.29, 0.717) is 32.1 Å². The minimum atomic E-state index is -0.562. The summed E-state index contributed by atoms with van der Waals surface area (Å²) in [5.74, 6) is -0.115. The molecular weight excluding hydrogens is 466 g/mol. The molecule has 1 aliphatic rings. The molecule has 1 saturated heterocycles. The molecule has 8 nitrogen and oxygen atoms in total. The molecule has 2 aromatic heterocycles. The van der Waals surface area contributed by atoms with Gasteiger partial charge in [0.15, 0.2) is 5.82 Å². The summed E-state index contributed by atoms with van der Waals surface area (Å²) >= 11 is 0. The SMILES string of the molecule is CCCOCC(C)NCc1ccc(Nc2ncc(F)c(-c3cnc(C)n3C3CCOCC3)n2)c(F)c1. The van der Waals surface area contributed by atoms with Crippen LogP contribution < -0.4 is 10.6 Å². The number of anilines is 2. The van der Waals surface area contributed by atoms with Crippen molar-refractivity contribution in [3.05, 3.63) is 53.6 Å². The Balaban J connectivity index is 1.47. The molecular formula is C26H34F2N6O2. The molecule has 36 heavy (non-hydrogen) atoms. The van der Waals surface area contributed by atoms with Gasteiger partial charge in [-0.1, -0.05) is 13.0 Å². The van der Waals surface area contributed by atoms with Crippen LogP contribution in [0.15, 0.2) is 30.6 Å². The molecule has 1 atom stereocenters. The third-order valence-electron chi connectivity index (χ3n) is 6.18. The summed E-state index contributed by atoms with van der Waals surface area (Å²) in [7, 11) is 0. The first kappa shape index (κ1) is 26.1. The van der Waals surface area contributed by atoms with Crippen LogP contribution in [0.4, 0.5) is 20.4 Å². The highest BCUT2D eigenvalue weighted by Gasteiger charge is 2.23. The predicted octanol–water partition coefficient (Wildman–Crippen LogP) is 4.93. The minimum absolute atomic E-state index is 0.107. The number of hydrogen-bond acceptors (Lipinski definition) is 7. The first-order valence-corrected chi connectivity index (χ1v) is 12.5. The first-order valence-electron chi connectivity index (χ1n) is 12.5. The van der Waals surface area contributed by atoms with Crippen LogP contribution in [0.5, 0.6) is 0 Å². The predicted molar refractivity (Wildman–Crippen MR) is 134 cm³/mol. The van der Waals surface area contributed by atoms with Gasteiger partial charge in [-0.05, 0) is 50.8 Å². The van der Waals surface area contributed by atoms with Crippen molar-refractivity contribution in [3.8, 4) is 11.4 Å². The van der Waals surface area contributed by atoms with E-state index in [4.69, 9.17) is 9.47 Å². The van der Waals surface area contributed by atoms with Crippen molar-refractivity contribution in [3.63, 3.8) is 0 Å². The quantitative estimate of drug-likeness (QED) is 0.361. The van der Waals surface area contributed by atoms with Gasteiger partial charge < -0.3 is 24.7 Å². The summed E-state index contributed by atoms with van der Waals surface area (Å²) in [6, 6.07) is 5.23. The maximum Gasteiger partial charge on any atom is 0.228 e. The molecule has 0 aliphatic carbocycles. The van der Waals surface area contributed by atoms with Crippen LogP contribution in [-0.4, -0.2) is 52.0 Å². The Hall–Kier alpha value is -2.95. The Morgan fingerprint density at radius 3 is 2.72 bits per heavy atom. The molecule has 4 rings (SSSR count). The zero-order chi connectivity index (χ0) is 25.5. The normalized spacial score (nSPS) is 15.2. The number of ether oxygens (including phenoxy) is 2. The molecule has 0 saturated carbocycles. The molecule has 2 N–H and O–H groups in total. The Bertz CT molecular complexity index is 1150. The van der Waals surface area contributed by atoms with E-state index in [2.05, 4.69) is 32.5 Å². The number of aryl methyl sites for hydroxylation is 1. The average Bonchev–Trinajstić information content (AvgIpc) is 3.27. The minimum Gasteiger partial charge on any atom is -0.381 e. The topological polar surface area (TPSA) is 86.1 Å². The van der Waals surface area contributed by atoms with Gasteiger partial charge in [-0.25, -0.2) is 23.7 Å². The number of nitrogens with zero attached hydrogens (tertiary/aromatic N) is 4. The second-order valence-corrected chi connectivity index (χ2v) is 9.09. The van der Waals surface area contributed by atoms with Crippen LogP contribution in [0.1, 0.15) is 50.5 Å². The van der Waals surface area contributed by atoms with Crippen LogP contribution in [0, 0.1) is 18.6 Å². The first-order chi connectivity index (χ1) is 17.5. The van der Waals surface area contributed by atoms with Crippen molar-refractivity contribution >= 4 is 11.6 Å². The summed E-state index contributed by atoms with van der Waals surface area (Å²) in [5, 5.41) is 6.21. The molecule has 3 heterocycles. The van der Waals surface area contributed by atoms with Crippen molar-refractivity contribution < 1.29 is 18.3 Å². The molecule has 10 heteroatoms. The summed E-state index contributed by atoms with van der Waals surface area (Å²) in [6.45, 7) is 9.13. The lowest BCUT2D eigenvalue weighted by molar-refractivity contribution is 0.0694. The van der Waals surface area contributed by atoms with Crippen LogP contribution in [-0.2, 0) is 16.0 Å². The van der Waals surface area contributed by atoms with E-state index in [1.165, 1.54) is 6.07 Å². The Morgan fingerprint density at radius 1 is 1.17 bits per heavy atom. The summed E-state index contributed by atoms with van der Waals surface area (Å²) < 4.78 is 42.7. The summed E-state index contributed by atoms with van der Waals surface area (Å²) in [6.07, 6.45) is 5.33. The van der Waals surface area contributed by atoms with Gasteiger partial charge in [0.05, 0.1) is 30.4 Å². The van der Waals surface area contributed by atoms with Crippen LogP contribution in [0.3, 0.4) is 0 Å². The number of rotatable bonds is 11. The molecule has 194 valence electrons. The van der Waals surface area contributed by atoms with Crippen LogP contribution >= 0.6 is 0 Å². The second kappa shape index (κ2) is 12.3. The number of benzene rings is 1. The number of halogens is 2. The average molecular weight is 501 g/mol. The van der Waals surface area contributed by atoms with Crippen molar-refractivity contribution in [1.29, 1.82) is 0 Å². The molecule has 0 spiro atoms. The van der Waals surface area contributed by atoms with Gasteiger partial charge >= 0.3 is 0 Å². The highest BCUT2D eigenvalue weighted by Crippen LogP contribution is 2.31. The maximum atomic E-state index is 14.9. The van der Waals surface area contributed by atoms with Gasteiger partial charge in [-0.15, -0.1) is 0 Å². The largest absolute Gasteiger partial charge is 0.381 e. The van der Waals surface area contributed by atoms with E-state index in [1.54, 1.807) is 12.3 Å². The van der Waals surface area contributed by atoms with E-state index < -0.39 is 11.6 Å². The highest BCUT2D eigenvalue weighted by atomic mass is 19.1. The molecule has 1 aliphatic heterocycles. The number of aromatic nitrogens is 4. The fourth-order valence-electron chi connectivity index (χ4n) is 4.29. The molecule has 0 bridgehead atoms. The third kappa shape index (κ3) is 6.43. The number of nitrogens with one attached hydrogen (secondary N) is 2. The monoisotopic (exact) mass is 500 g/mol. The summed E-state index contributed by atoms with van der Waals surface area (Å²) in [5.41, 5.74) is 1.71. The van der Waals surface area contributed by atoms with E-state index in [-0.39, 0.29) is 29.4 Å². The highest BCUT2D eigenvalue weighted by molar-refractivity contribution is 5.60. The Labute approximate surface area is 210 Å². The standard InChI is InChI=1S/C26H34F2N6O2/c1-4-9-36-16-17(2)29-13-19-5-6-23(21(27)12-19)32-26-31-14-22(28)25(33-26)24-15-30-18(3)34(24)20-7-10-35-11-8-20/h5-6,12,14-15,17,20,29H,4,7-11,13,16H2,1-3H3,(H,31,32,33). The zero-order valence-corrected chi connectivity index (χ0v) is 21.1. The van der Waals surface area contributed by atoms with E-state index >= 15 is 0 Å². The molecule has 0 amide bonds.